The van der Waals surface area contributed by atoms with Gasteiger partial charge in [-0.15, -0.1) is 0 Å². The summed E-state index contributed by atoms with van der Waals surface area (Å²) < 4.78 is 18.5. The van der Waals surface area contributed by atoms with Gasteiger partial charge in [-0.25, -0.2) is 19.9 Å². The van der Waals surface area contributed by atoms with E-state index in [4.69, 9.17) is 28.8 Å². The summed E-state index contributed by atoms with van der Waals surface area (Å²) in [6, 6.07) is 89.5. The van der Waals surface area contributed by atoms with Crippen LogP contribution in [-0.4, -0.2) is 29.1 Å². The molecule has 0 aliphatic heterocycles. The van der Waals surface area contributed by atoms with E-state index in [-0.39, 0.29) is 0 Å². The molecule has 89 heavy (non-hydrogen) atoms. The normalized spacial score (nSPS) is 12.9. The van der Waals surface area contributed by atoms with Crippen molar-refractivity contribution in [3.8, 4) is 74.0 Å². The van der Waals surface area contributed by atoms with Gasteiger partial charge in [0.2, 0.25) is 0 Å². The quantitative estimate of drug-likeness (QED) is 0.163. The van der Waals surface area contributed by atoms with Crippen LogP contribution in [0.4, 0.5) is 0 Å². The van der Waals surface area contributed by atoms with Crippen molar-refractivity contribution in [3.63, 3.8) is 0 Å². The van der Waals surface area contributed by atoms with E-state index < -0.39 is 5.41 Å². The van der Waals surface area contributed by atoms with Crippen molar-refractivity contribution in [2.75, 3.05) is 0 Å². The van der Waals surface area contributed by atoms with Crippen molar-refractivity contribution in [3.05, 3.63) is 265 Å². The van der Waals surface area contributed by atoms with Crippen LogP contribution in [0.15, 0.2) is 258 Å². The van der Waals surface area contributed by atoms with E-state index in [2.05, 4.69) is 247 Å². The summed E-state index contributed by atoms with van der Waals surface area (Å²) in [5.74, 6) is 2.63. The number of hydrogen-bond donors (Lipinski definition) is 0. The Bertz CT molecular complexity index is 6160. The SMILES string of the molecule is CC1(C)c2ccc(-c3cccc4c3oc3ccc(-c5nc(-n6c7ccccc7c7cc8ccccc8cc76)c6oc7ccc(-c8ccccc8)cc7c6n5)cc34)cc2-c2nc(-c3ccc(C#N)cc3)nc(-n3c4ccccc4c4cc5ccccc5cc43)c21. The fourth-order valence-corrected chi connectivity index (χ4v) is 14.4. The van der Waals surface area contributed by atoms with Crippen LogP contribution in [0.25, 0.3) is 177 Å². The minimum absolute atomic E-state index is 0.508. The summed E-state index contributed by atoms with van der Waals surface area (Å²) in [7, 11) is 0. The van der Waals surface area contributed by atoms with E-state index in [1.807, 2.05) is 30.3 Å². The second-order valence-electron chi connectivity index (χ2n) is 24.0. The Morgan fingerprint density at radius 3 is 1.62 bits per heavy atom. The Labute approximate surface area is 508 Å². The van der Waals surface area contributed by atoms with Gasteiger partial charge in [0, 0.05) is 70.9 Å². The maximum Gasteiger partial charge on any atom is 0.197 e. The number of benzene rings is 12. The predicted molar refractivity (Wildman–Crippen MR) is 360 cm³/mol. The molecule has 0 radical (unpaired) electrons. The molecule has 9 heteroatoms. The van der Waals surface area contributed by atoms with Gasteiger partial charge < -0.3 is 8.83 Å². The molecule has 9 nitrogen and oxygen atoms in total. The fraction of sp³-hybridized carbons (Fsp3) is 0.0375. The van der Waals surface area contributed by atoms with Crippen LogP contribution in [0.3, 0.4) is 0 Å². The van der Waals surface area contributed by atoms with Crippen molar-refractivity contribution in [1.29, 1.82) is 5.26 Å². The lowest BCUT2D eigenvalue weighted by molar-refractivity contribution is 0.650. The summed E-state index contributed by atoms with van der Waals surface area (Å²) in [5, 5.41) is 21.9. The smallest absolute Gasteiger partial charge is 0.197 e. The van der Waals surface area contributed by atoms with Crippen molar-refractivity contribution in [2.45, 2.75) is 19.3 Å². The second-order valence-corrected chi connectivity index (χ2v) is 24.0. The van der Waals surface area contributed by atoms with E-state index in [0.717, 1.165) is 154 Å². The Balaban J connectivity index is 0.795. The van der Waals surface area contributed by atoms with Crippen LogP contribution in [-0.2, 0) is 5.41 Å². The maximum atomic E-state index is 9.83. The molecular weight excluding hydrogens is 1090 g/mol. The molecule has 12 aromatic carbocycles. The van der Waals surface area contributed by atoms with Gasteiger partial charge in [0.15, 0.2) is 23.0 Å². The van der Waals surface area contributed by atoms with Crippen molar-refractivity contribution >= 4 is 109 Å². The molecule has 19 rings (SSSR count). The van der Waals surface area contributed by atoms with Gasteiger partial charge in [-0.1, -0.05) is 166 Å². The molecule has 0 unspecified atom stereocenters. The van der Waals surface area contributed by atoms with Gasteiger partial charge in [-0.3, -0.25) is 9.13 Å². The van der Waals surface area contributed by atoms with Crippen LogP contribution in [0.5, 0.6) is 0 Å². The van der Waals surface area contributed by atoms with Gasteiger partial charge in [0.05, 0.1) is 39.4 Å². The highest BCUT2D eigenvalue weighted by atomic mass is 16.3. The standard InChI is InChI=1S/C80H47N7O2/c1-80(2)64-34-31-53(40-62(64)72-71(80)78(84-76(82-72)47-29-27-45(44-81)28-30-47)86-65-25-12-10-21-56(65)59-37-48-17-6-8-19-50(48)42-67(59)86)55-23-14-24-58-61-41-54(33-36-69(61)88-74(55)58)77-83-73-63-39-52(46-15-4-3-5-16-46)32-35-70(63)89-75(73)79(85-77)87-66-26-13-11-22-57(66)60-38-49-18-7-9-20-51(49)43-68(60)87/h3-43H,1-2H3. The van der Waals surface area contributed by atoms with E-state index in [0.29, 0.717) is 28.6 Å². The average Bonchev–Trinajstić information content (AvgIpc) is 1.61. The largest absolute Gasteiger partial charge is 0.455 e. The topological polar surface area (TPSA) is 111 Å². The molecule has 0 fully saturated rings. The minimum atomic E-state index is -0.508. The summed E-state index contributed by atoms with van der Waals surface area (Å²) in [6.45, 7) is 4.58. The first-order valence-electron chi connectivity index (χ1n) is 30.0. The number of nitriles is 1. The Morgan fingerprint density at radius 2 is 0.921 bits per heavy atom. The molecule has 414 valence electrons. The number of para-hydroxylation sites is 3. The Kier molecular flexibility index (Phi) is 10.1. The van der Waals surface area contributed by atoms with Crippen LogP contribution in [0.2, 0.25) is 0 Å². The summed E-state index contributed by atoms with van der Waals surface area (Å²) in [6.07, 6.45) is 0. The van der Waals surface area contributed by atoms with E-state index in [9.17, 15) is 5.26 Å². The molecular formula is C80H47N7O2. The first-order valence-corrected chi connectivity index (χ1v) is 30.0. The molecule has 6 heterocycles. The second kappa shape index (κ2) is 18.3. The van der Waals surface area contributed by atoms with Crippen molar-refractivity contribution < 1.29 is 8.83 Å². The van der Waals surface area contributed by atoms with Crippen LogP contribution < -0.4 is 0 Å². The van der Waals surface area contributed by atoms with Crippen molar-refractivity contribution in [2.24, 2.45) is 0 Å². The van der Waals surface area contributed by atoms with Gasteiger partial charge in [-0.2, -0.15) is 5.26 Å². The Morgan fingerprint density at radius 1 is 0.371 bits per heavy atom. The zero-order valence-corrected chi connectivity index (χ0v) is 48.1. The Hall–Kier alpha value is -12.0. The molecule has 0 amide bonds. The van der Waals surface area contributed by atoms with E-state index in [1.165, 1.54) is 10.8 Å². The number of fused-ring (bicyclic) bond motifs is 17. The first-order chi connectivity index (χ1) is 43.8. The summed E-state index contributed by atoms with van der Waals surface area (Å²) >= 11 is 0. The van der Waals surface area contributed by atoms with E-state index >= 15 is 0 Å². The first kappa shape index (κ1) is 49.3. The number of hydrogen-bond acceptors (Lipinski definition) is 7. The molecule has 0 bridgehead atoms. The predicted octanol–water partition coefficient (Wildman–Crippen LogP) is 20.4. The lowest BCUT2D eigenvalue weighted by Crippen LogP contribution is -2.19. The van der Waals surface area contributed by atoms with E-state index in [1.54, 1.807) is 0 Å². The van der Waals surface area contributed by atoms with Gasteiger partial charge in [0.25, 0.3) is 0 Å². The van der Waals surface area contributed by atoms with Crippen LogP contribution in [0.1, 0.15) is 30.5 Å². The zero-order valence-electron chi connectivity index (χ0n) is 48.1. The summed E-state index contributed by atoms with van der Waals surface area (Å²) in [4.78, 5) is 22.2. The van der Waals surface area contributed by atoms with Gasteiger partial charge >= 0.3 is 0 Å². The number of rotatable bonds is 6. The highest BCUT2D eigenvalue weighted by Gasteiger charge is 2.41. The monoisotopic (exact) mass is 1140 g/mol. The lowest BCUT2D eigenvalue weighted by Gasteiger charge is -2.24. The molecule has 0 saturated carbocycles. The molecule has 6 aromatic heterocycles. The molecule has 18 aromatic rings. The summed E-state index contributed by atoms with van der Waals surface area (Å²) in [5.41, 5.74) is 17.8. The fourth-order valence-electron chi connectivity index (χ4n) is 14.4. The zero-order chi connectivity index (χ0) is 58.8. The third-order valence-electron chi connectivity index (χ3n) is 18.7. The number of aromatic nitrogens is 6. The number of furan rings is 2. The molecule has 0 N–H and O–H groups in total. The van der Waals surface area contributed by atoms with Gasteiger partial charge in [-0.05, 0) is 141 Å². The number of nitrogens with zero attached hydrogens (tertiary/aromatic N) is 7. The molecule has 1 aliphatic carbocycles. The maximum absolute atomic E-state index is 9.83. The molecule has 1 aliphatic rings. The van der Waals surface area contributed by atoms with Crippen LogP contribution in [0, 0.1) is 11.3 Å². The highest BCUT2D eigenvalue weighted by molar-refractivity contribution is 6.17. The third-order valence-corrected chi connectivity index (χ3v) is 18.7. The average molecular weight is 1140 g/mol. The third kappa shape index (κ3) is 7.17. The van der Waals surface area contributed by atoms with Crippen molar-refractivity contribution in [1.82, 2.24) is 29.1 Å². The highest BCUT2D eigenvalue weighted by Crippen LogP contribution is 2.53. The van der Waals surface area contributed by atoms with Crippen LogP contribution >= 0.6 is 0 Å². The minimum Gasteiger partial charge on any atom is -0.455 e. The lowest BCUT2D eigenvalue weighted by atomic mass is 9.82. The molecule has 0 saturated heterocycles. The molecule has 0 spiro atoms. The molecule has 0 atom stereocenters. The van der Waals surface area contributed by atoms with Gasteiger partial charge in [0.1, 0.15) is 28.1 Å².